The Morgan fingerprint density at radius 1 is 1.23 bits per heavy atom. The Bertz CT molecular complexity index is 279. The lowest BCUT2D eigenvalue weighted by atomic mass is 9.77. The van der Waals surface area contributed by atoms with Gasteiger partial charge in [0, 0.05) is 17.7 Å². The highest BCUT2D eigenvalue weighted by molar-refractivity contribution is 5.38. The molecule has 0 radical (unpaired) electrons. The summed E-state index contributed by atoms with van der Waals surface area (Å²) in [6.45, 7) is 1.22. The molecular weight excluding hydrogens is 158 g/mol. The van der Waals surface area contributed by atoms with Gasteiger partial charge < -0.3 is 5.32 Å². The molecule has 2 aliphatic carbocycles. The molecule has 3 rings (SSSR count). The molecule has 0 saturated heterocycles. The van der Waals surface area contributed by atoms with Crippen molar-refractivity contribution in [2.45, 2.75) is 38.5 Å². The van der Waals surface area contributed by atoms with Crippen molar-refractivity contribution in [3.63, 3.8) is 0 Å². The number of rotatable bonds is 0. The van der Waals surface area contributed by atoms with Gasteiger partial charge in [0.2, 0.25) is 0 Å². The van der Waals surface area contributed by atoms with Crippen LogP contribution in [-0.2, 0) is 0 Å². The van der Waals surface area contributed by atoms with Gasteiger partial charge in [-0.25, -0.2) is 0 Å². The standard InChI is InChI=1S/C12H17N/c1-2-6-11-10(5-1)12(9-13-11)7-3-4-8-12/h2,6,13H,1,3-5,7-9H2. The third-order valence-corrected chi connectivity index (χ3v) is 3.99. The third-order valence-electron chi connectivity index (χ3n) is 3.99. The first-order chi connectivity index (χ1) is 6.41. The Morgan fingerprint density at radius 3 is 2.92 bits per heavy atom. The van der Waals surface area contributed by atoms with E-state index in [4.69, 9.17) is 0 Å². The maximum absolute atomic E-state index is 3.58. The van der Waals surface area contributed by atoms with E-state index in [-0.39, 0.29) is 0 Å². The zero-order valence-corrected chi connectivity index (χ0v) is 8.10. The maximum Gasteiger partial charge on any atom is 0.0335 e. The molecule has 3 aliphatic rings. The normalized spacial score (nSPS) is 29.5. The zero-order chi connectivity index (χ0) is 8.73. The number of fused-ring (bicyclic) bond motifs is 1. The molecule has 1 saturated carbocycles. The van der Waals surface area contributed by atoms with Gasteiger partial charge >= 0.3 is 0 Å². The van der Waals surface area contributed by atoms with E-state index >= 15 is 0 Å². The second-order valence-corrected chi connectivity index (χ2v) is 4.67. The number of allylic oxidation sites excluding steroid dienone is 2. The van der Waals surface area contributed by atoms with Gasteiger partial charge in [-0.15, -0.1) is 0 Å². The second kappa shape index (κ2) is 2.63. The smallest absolute Gasteiger partial charge is 0.0335 e. The van der Waals surface area contributed by atoms with Crippen molar-refractivity contribution in [2.24, 2.45) is 5.41 Å². The van der Waals surface area contributed by atoms with Crippen molar-refractivity contribution in [3.8, 4) is 0 Å². The van der Waals surface area contributed by atoms with E-state index in [1.165, 1.54) is 50.8 Å². The topological polar surface area (TPSA) is 12.0 Å². The number of nitrogens with one attached hydrogen (secondary N) is 1. The fourth-order valence-electron chi connectivity index (χ4n) is 3.28. The largest absolute Gasteiger partial charge is 0.384 e. The van der Waals surface area contributed by atoms with Crippen molar-refractivity contribution in [2.75, 3.05) is 6.54 Å². The van der Waals surface area contributed by atoms with Crippen molar-refractivity contribution in [1.29, 1.82) is 0 Å². The lowest BCUT2D eigenvalue weighted by molar-refractivity contribution is 0.378. The minimum atomic E-state index is 0.597. The number of hydrogen-bond donors (Lipinski definition) is 1. The average molecular weight is 175 g/mol. The molecule has 13 heavy (non-hydrogen) atoms. The molecule has 0 unspecified atom stereocenters. The number of hydrogen-bond acceptors (Lipinski definition) is 1. The van der Waals surface area contributed by atoms with Crippen LogP contribution in [0.4, 0.5) is 0 Å². The predicted octanol–water partition coefficient (Wildman–Crippen LogP) is 2.75. The molecule has 1 heterocycles. The van der Waals surface area contributed by atoms with Crippen LogP contribution < -0.4 is 5.32 Å². The Balaban J connectivity index is 1.99. The summed E-state index contributed by atoms with van der Waals surface area (Å²) in [4.78, 5) is 0. The molecule has 0 atom stereocenters. The fraction of sp³-hybridized carbons (Fsp3) is 0.667. The van der Waals surface area contributed by atoms with Gasteiger partial charge in [0.25, 0.3) is 0 Å². The Labute approximate surface area is 79.9 Å². The SMILES string of the molecule is C1=CC2=C(CC1)C1(CCCC1)CN2. The summed E-state index contributed by atoms with van der Waals surface area (Å²) in [7, 11) is 0. The first-order valence-electron chi connectivity index (χ1n) is 5.55. The third kappa shape index (κ3) is 0.993. The summed E-state index contributed by atoms with van der Waals surface area (Å²) in [6.07, 6.45) is 13.0. The average Bonchev–Trinajstić information content (AvgIpc) is 2.78. The summed E-state index contributed by atoms with van der Waals surface area (Å²) in [5.74, 6) is 0. The molecule has 0 amide bonds. The van der Waals surface area contributed by atoms with Gasteiger partial charge in [-0.05, 0) is 37.3 Å². The summed E-state index contributed by atoms with van der Waals surface area (Å²) in [5, 5.41) is 3.58. The molecule has 70 valence electrons. The summed E-state index contributed by atoms with van der Waals surface area (Å²) in [6, 6.07) is 0. The van der Waals surface area contributed by atoms with Crippen LogP contribution in [0.1, 0.15) is 38.5 Å². The molecule has 1 fully saturated rings. The molecule has 0 aromatic carbocycles. The second-order valence-electron chi connectivity index (χ2n) is 4.67. The lowest BCUT2D eigenvalue weighted by Crippen LogP contribution is -2.23. The van der Waals surface area contributed by atoms with E-state index in [2.05, 4.69) is 17.5 Å². The quantitative estimate of drug-likeness (QED) is 0.597. The fourth-order valence-corrected chi connectivity index (χ4v) is 3.28. The molecule has 1 heteroatoms. The highest BCUT2D eigenvalue weighted by atomic mass is 14.9. The van der Waals surface area contributed by atoms with E-state index in [9.17, 15) is 0 Å². The molecule has 1 nitrogen and oxygen atoms in total. The van der Waals surface area contributed by atoms with Gasteiger partial charge in [-0.2, -0.15) is 0 Å². The maximum atomic E-state index is 3.58. The molecule has 1 aliphatic heterocycles. The minimum Gasteiger partial charge on any atom is -0.384 e. The van der Waals surface area contributed by atoms with Crippen molar-refractivity contribution < 1.29 is 0 Å². The van der Waals surface area contributed by atoms with E-state index in [0.29, 0.717) is 5.41 Å². The molecule has 1 N–H and O–H groups in total. The summed E-state index contributed by atoms with van der Waals surface area (Å²) < 4.78 is 0. The van der Waals surface area contributed by atoms with Crippen LogP contribution in [0.2, 0.25) is 0 Å². The van der Waals surface area contributed by atoms with Crippen LogP contribution in [0.5, 0.6) is 0 Å². The molecule has 1 spiro atoms. The van der Waals surface area contributed by atoms with Crippen LogP contribution in [0.15, 0.2) is 23.4 Å². The monoisotopic (exact) mass is 175 g/mol. The zero-order valence-electron chi connectivity index (χ0n) is 8.10. The van der Waals surface area contributed by atoms with Crippen LogP contribution in [0, 0.1) is 5.41 Å². The van der Waals surface area contributed by atoms with E-state index in [1.807, 2.05) is 0 Å². The molecule has 0 bridgehead atoms. The molecule has 0 aromatic rings. The molecular formula is C12H17N. The first kappa shape index (κ1) is 7.66. The van der Waals surface area contributed by atoms with E-state index in [0.717, 1.165) is 0 Å². The highest BCUT2D eigenvalue weighted by Crippen LogP contribution is 2.50. The van der Waals surface area contributed by atoms with Crippen LogP contribution in [0.3, 0.4) is 0 Å². The van der Waals surface area contributed by atoms with Crippen LogP contribution in [0.25, 0.3) is 0 Å². The Kier molecular flexibility index (Phi) is 1.55. The van der Waals surface area contributed by atoms with Crippen LogP contribution in [-0.4, -0.2) is 6.54 Å². The molecule has 0 aromatic heterocycles. The summed E-state index contributed by atoms with van der Waals surface area (Å²) >= 11 is 0. The minimum absolute atomic E-state index is 0.597. The summed E-state index contributed by atoms with van der Waals surface area (Å²) in [5.41, 5.74) is 3.82. The highest BCUT2D eigenvalue weighted by Gasteiger charge is 2.42. The van der Waals surface area contributed by atoms with Crippen molar-refractivity contribution in [1.82, 2.24) is 5.32 Å². The van der Waals surface area contributed by atoms with E-state index < -0.39 is 0 Å². The van der Waals surface area contributed by atoms with Gasteiger partial charge in [-0.3, -0.25) is 0 Å². The Hall–Kier alpha value is -0.720. The van der Waals surface area contributed by atoms with Gasteiger partial charge in [0.1, 0.15) is 0 Å². The Morgan fingerprint density at radius 2 is 2.08 bits per heavy atom. The lowest BCUT2D eigenvalue weighted by Gasteiger charge is -2.26. The predicted molar refractivity (Wildman–Crippen MR) is 54.3 cm³/mol. The first-order valence-corrected chi connectivity index (χ1v) is 5.55. The van der Waals surface area contributed by atoms with E-state index in [1.54, 1.807) is 5.57 Å². The van der Waals surface area contributed by atoms with Crippen LogP contribution >= 0.6 is 0 Å². The van der Waals surface area contributed by atoms with Gasteiger partial charge in [-0.1, -0.05) is 18.9 Å². The van der Waals surface area contributed by atoms with Gasteiger partial charge in [0.05, 0.1) is 0 Å². The van der Waals surface area contributed by atoms with Crippen molar-refractivity contribution in [3.05, 3.63) is 23.4 Å². The van der Waals surface area contributed by atoms with Crippen molar-refractivity contribution >= 4 is 0 Å². The van der Waals surface area contributed by atoms with Gasteiger partial charge in [0.15, 0.2) is 0 Å².